The lowest BCUT2D eigenvalue weighted by Gasteiger charge is -2.15. The predicted molar refractivity (Wildman–Crippen MR) is 64.4 cm³/mol. The molecule has 1 aromatic rings. The Kier molecular flexibility index (Phi) is 3.47. The third-order valence-electron chi connectivity index (χ3n) is 3.03. The van der Waals surface area contributed by atoms with Crippen LogP contribution in [0.1, 0.15) is 25.0 Å². The lowest BCUT2D eigenvalue weighted by atomic mass is 10.1. The molecule has 1 heterocycles. The number of hydrogen-bond acceptors (Lipinski definition) is 2. The summed E-state index contributed by atoms with van der Waals surface area (Å²) >= 11 is 6.22. The summed E-state index contributed by atoms with van der Waals surface area (Å²) in [6.45, 7) is 2.99. The summed E-state index contributed by atoms with van der Waals surface area (Å²) in [5.74, 6) is 0.625. The first-order chi connectivity index (χ1) is 7.25. The van der Waals surface area contributed by atoms with E-state index in [0.29, 0.717) is 11.3 Å². The molecule has 2 atom stereocenters. The summed E-state index contributed by atoms with van der Waals surface area (Å²) in [4.78, 5) is 4.17. The molecule has 82 valence electrons. The Labute approximate surface area is 96.1 Å². The Morgan fingerprint density at radius 1 is 1.53 bits per heavy atom. The minimum atomic E-state index is 0.362. The SMILES string of the molecule is Cc1cc(NCC2CCCC2Cl)ccn1. The molecule has 1 fully saturated rings. The summed E-state index contributed by atoms with van der Waals surface area (Å²) in [6.07, 6.45) is 5.54. The summed E-state index contributed by atoms with van der Waals surface area (Å²) in [7, 11) is 0. The van der Waals surface area contributed by atoms with Crippen LogP contribution in [0.2, 0.25) is 0 Å². The van der Waals surface area contributed by atoms with Gasteiger partial charge in [0.1, 0.15) is 0 Å². The maximum Gasteiger partial charge on any atom is 0.0393 e. The van der Waals surface area contributed by atoms with Gasteiger partial charge in [-0.05, 0) is 37.8 Å². The molecule has 0 aliphatic heterocycles. The van der Waals surface area contributed by atoms with Gasteiger partial charge in [-0.25, -0.2) is 0 Å². The zero-order chi connectivity index (χ0) is 10.7. The van der Waals surface area contributed by atoms with Crippen LogP contribution in [0.5, 0.6) is 0 Å². The molecule has 0 saturated heterocycles. The Bertz CT molecular complexity index is 327. The molecular weight excluding hydrogens is 208 g/mol. The van der Waals surface area contributed by atoms with Crippen molar-refractivity contribution in [3.63, 3.8) is 0 Å². The summed E-state index contributed by atoms with van der Waals surface area (Å²) in [5, 5.41) is 3.79. The average molecular weight is 225 g/mol. The fourth-order valence-electron chi connectivity index (χ4n) is 2.13. The number of aromatic nitrogens is 1. The monoisotopic (exact) mass is 224 g/mol. The Morgan fingerprint density at radius 3 is 3.07 bits per heavy atom. The summed E-state index contributed by atoms with van der Waals surface area (Å²) in [6, 6.07) is 4.07. The van der Waals surface area contributed by atoms with E-state index in [4.69, 9.17) is 11.6 Å². The highest BCUT2D eigenvalue weighted by Gasteiger charge is 2.24. The highest BCUT2D eigenvalue weighted by atomic mass is 35.5. The van der Waals surface area contributed by atoms with Gasteiger partial charge in [0.05, 0.1) is 0 Å². The van der Waals surface area contributed by atoms with Crippen LogP contribution >= 0.6 is 11.6 Å². The van der Waals surface area contributed by atoms with E-state index in [0.717, 1.165) is 17.9 Å². The van der Waals surface area contributed by atoms with Gasteiger partial charge in [0, 0.05) is 29.5 Å². The van der Waals surface area contributed by atoms with Crippen LogP contribution in [0.15, 0.2) is 18.3 Å². The van der Waals surface area contributed by atoms with Crippen LogP contribution < -0.4 is 5.32 Å². The van der Waals surface area contributed by atoms with Gasteiger partial charge in [0.25, 0.3) is 0 Å². The van der Waals surface area contributed by atoms with E-state index in [1.807, 2.05) is 19.2 Å². The first-order valence-electron chi connectivity index (χ1n) is 5.56. The topological polar surface area (TPSA) is 24.9 Å². The molecule has 2 nitrogen and oxygen atoms in total. The lowest BCUT2D eigenvalue weighted by molar-refractivity contribution is 0.586. The molecule has 1 saturated carbocycles. The number of pyridine rings is 1. The van der Waals surface area contributed by atoms with E-state index in [9.17, 15) is 0 Å². The van der Waals surface area contributed by atoms with E-state index in [2.05, 4.69) is 16.4 Å². The van der Waals surface area contributed by atoms with Crippen molar-refractivity contribution in [1.82, 2.24) is 4.98 Å². The maximum atomic E-state index is 6.22. The molecule has 1 aliphatic carbocycles. The van der Waals surface area contributed by atoms with Gasteiger partial charge in [0.2, 0.25) is 0 Å². The van der Waals surface area contributed by atoms with Crippen LogP contribution in [-0.4, -0.2) is 16.9 Å². The van der Waals surface area contributed by atoms with E-state index < -0.39 is 0 Å². The predicted octanol–water partition coefficient (Wildman–Crippen LogP) is 3.21. The number of nitrogens with zero attached hydrogens (tertiary/aromatic N) is 1. The van der Waals surface area contributed by atoms with Crippen molar-refractivity contribution in [3.8, 4) is 0 Å². The van der Waals surface area contributed by atoms with E-state index in [1.165, 1.54) is 19.3 Å². The van der Waals surface area contributed by atoms with E-state index in [-0.39, 0.29) is 0 Å². The molecule has 0 aromatic carbocycles. The van der Waals surface area contributed by atoms with Gasteiger partial charge in [-0.1, -0.05) is 6.42 Å². The molecule has 1 aromatic heterocycles. The average Bonchev–Trinajstić information content (AvgIpc) is 2.61. The second-order valence-corrected chi connectivity index (χ2v) is 4.83. The maximum absolute atomic E-state index is 6.22. The smallest absolute Gasteiger partial charge is 0.0393 e. The highest BCUT2D eigenvalue weighted by molar-refractivity contribution is 6.20. The minimum Gasteiger partial charge on any atom is -0.385 e. The standard InChI is InChI=1S/C12H17ClN2/c1-9-7-11(5-6-14-9)15-8-10-3-2-4-12(10)13/h5-7,10,12H,2-4,8H2,1H3,(H,14,15). The molecular formula is C12H17ClN2. The van der Waals surface area contributed by atoms with Crippen molar-refractivity contribution in [1.29, 1.82) is 0 Å². The van der Waals surface area contributed by atoms with Crippen molar-refractivity contribution in [2.24, 2.45) is 5.92 Å². The van der Waals surface area contributed by atoms with Gasteiger partial charge in [-0.2, -0.15) is 0 Å². The van der Waals surface area contributed by atoms with Crippen molar-refractivity contribution in [2.75, 3.05) is 11.9 Å². The number of hydrogen-bond donors (Lipinski definition) is 1. The largest absolute Gasteiger partial charge is 0.385 e. The number of aryl methyl sites for hydroxylation is 1. The zero-order valence-corrected chi connectivity index (χ0v) is 9.80. The molecule has 3 heteroatoms. The van der Waals surface area contributed by atoms with Crippen LogP contribution in [-0.2, 0) is 0 Å². The Morgan fingerprint density at radius 2 is 2.40 bits per heavy atom. The van der Waals surface area contributed by atoms with Gasteiger partial charge in [-0.3, -0.25) is 4.98 Å². The fourth-order valence-corrected chi connectivity index (χ4v) is 2.50. The molecule has 2 rings (SSSR count). The van der Waals surface area contributed by atoms with Gasteiger partial charge < -0.3 is 5.32 Å². The molecule has 1 N–H and O–H groups in total. The molecule has 15 heavy (non-hydrogen) atoms. The van der Waals surface area contributed by atoms with Crippen molar-refractivity contribution >= 4 is 17.3 Å². The summed E-state index contributed by atoms with van der Waals surface area (Å²) in [5.41, 5.74) is 2.20. The Balaban J connectivity index is 1.87. The zero-order valence-electron chi connectivity index (χ0n) is 9.04. The molecule has 0 spiro atoms. The number of halogens is 1. The van der Waals surface area contributed by atoms with Gasteiger partial charge in [-0.15, -0.1) is 11.6 Å². The number of anilines is 1. The summed E-state index contributed by atoms with van der Waals surface area (Å²) < 4.78 is 0. The molecule has 2 unspecified atom stereocenters. The Hall–Kier alpha value is -0.760. The van der Waals surface area contributed by atoms with Gasteiger partial charge >= 0.3 is 0 Å². The molecule has 0 bridgehead atoms. The van der Waals surface area contributed by atoms with Crippen LogP contribution in [0, 0.1) is 12.8 Å². The van der Waals surface area contributed by atoms with Gasteiger partial charge in [0.15, 0.2) is 0 Å². The van der Waals surface area contributed by atoms with E-state index in [1.54, 1.807) is 0 Å². The third kappa shape index (κ3) is 2.85. The third-order valence-corrected chi connectivity index (χ3v) is 3.61. The van der Waals surface area contributed by atoms with E-state index >= 15 is 0 Å². The second kappa shape index (κ2) is 4.84. The van der Waals surface area contributed by atoms with Crippen molar-refractivity contribution in [2.45, 2.75) is 31.6 Å². The molecule has 0 amide bonds. The van der Waals surface area contributed by atoms with Crippen LogP contribution in [0.3, 0.4) is 0 Å². The fraction of sp³-hybridized carbons (Fsp3) is 0.583. The quantitative estimate of drug-likeness (QED) is 0.798. The number of rotatable bonds is 3. The molecule has 0 radical (unpaired) electrons. The second-order valence-electron chi connectivity index (χ2n) is 4.27. The minimum absolute atomic E-state index is 0.362. The van der Waals surface area contributed by atoms with Crippen LogP contribution in [0.4, 0.5) is 5.69 Å². The normalized spacial score (nSPS) is 25.5. The molecule has 1 aliphatic rings. The van der Waals surface area contributed by atoms with Crippen molar-refractivity contribution < 1.29 is 0 Å². The highest BCUT2D eigenvalue weighted by Crippen LogP contribution is 2.30. The number of alkyl halides is 1. The first-order valence-corrected chi connectivity index (χ1v) is 6.00. The van der Waals surface area contributed by atoms with Crippen molar-refractivity contribution in [3.05, 3.63) is 24.0 Å². The first kappa shape index (κ1) is 10.7. The van der Waals surface area contributed by atoms with Crippen LogP contribution in [0.25, 0.3) is 0 Å². The lowest BCUT2D eigenvalue weighted by Crippen LogP contribution is -2.18. The number of nitrogens with one attached hydrogen (secondary N) is 1.